The normalized spacial score (nSPS) is 13.2. The molecule has 10 aromatic rings. The summed E-state index contributed by atoms with van der Waals surface area (Å²) in [6.07, 6.45) is 16.3. The van der Waals surface area contributed by atoms with E-state index in [4.69, 9.17) is 33.7 Å². The van der Waals surface area contributed by atoms with E-state index in [9.17, 15) is 5.11 Å². The molecule has 0 amide bonds. The van der Waals surface area contributed by atoms with Gasteiger partial charge >= 0.3 is 0 Å². The molecule has 4 aromatic heterocycles. The summed E-state index contributed by atoms with van der Waals surface area (Å²) < 4.78 is 33.3. The zero-order valence-corrected chi connectivity index (χ0v) is 55.6. The van der Waals surface area contributed by atoms with Crippen LogP contribution in [-0.2, 0) is 30.5 Å². The van der Waals surface area contributed by atoms with E-state index in [2.05, 4.69) is 147 Å². The Balaban J connectivity index is 0.000000228. The lowest BCUT2D eigenvalue weighted by molar-refractivity contribution is 0.268. The van der Waals surface area contributed by atoms with Gasteiger partial charge in [-0.2, -0.15) is 0 Å². The molecule has 0 saturated heterocycles. The van der Waals surface area contributed by atoms with Gasteiger partial charge < -0.3 is 34.1 Å². The van der Waals surface area contributed by atoms with Crippen molar-refractivity contribution in [3.05, 3.63) is 233 Å². The van der Waals surface area contributed by atoms with Crippen LogP contribution in [0.25, 0.3) is 45.7 Å². The maximum absolute atomic E-state index is 9.66. The first-order valence-corrected chi connectivity index (χ1v) is 33.2. The molecule has 486 valence electrons. The minimum atomic E-state index is -0.0602. The Labute approximate surface area is 555 Å². The number of aliphatic hydroxyl groups excluding tert-OH is 1. The summed E-state index contributed by atoms with van der Waals surface area (Å²) in [5, 5.41) is 31.5. The number of aromatic nitrogens is 8. The third-order valence-corrected chi connectivity index (χ3v) is 16.1. The van der Waals surface area contributed by atoms with Crippen LogP contribution in [0.1, 0.15) is 158 Å². The van der Waals surface area contributed by atoms with Crippen molar-refractivity contribution in [2.45, 2.75) is 143 Å². The van der Waals surface area contributed by atoms with Gasteiger partial charge in [0.25, 0.3) is 0 Å². The van der Waals surface area contributed by atoms with Gasteiger partial charge in [-0.1, -0.05) is 151 Å². The Bertz CT molecular complexity index is 3970. The van der Waals surface area contributed by atoms with Crippen molar-refractivity contribution in [3.63, 3.8) is 0 Å². The fraction of sp³-hybridized carbons (Fsp3) is 0.342. The number of aliphatic hydroxyl groups is 1. The van der Waals surface area contributed by atoms with Crippen molar-refractivity contribution in [2.75, 3.05) is 33.0 Å². The average Bonchev–Trinajstić information content (AvgIpc) is 1.45. The lowest BCUT2D eigenvalue weighted by Crippen LogP contribution is -2.17. The van der Waals surface area contributed by atoms with Crippen LogP contribution in [0.5, 0.6) is 28.7 Å². The van der Waals surface area contributed by atoms with E-state index in [1.54, 1.807) is 10.7 Å². The number of ether oxygens (including phenoxy) is 5. The van der Waals surface area contributed by atoms with Gasteiger partial charge in [0.05, 0.1) is 86.2 Å². The fourth-order valence-corrected chi connectivity index (χ4v) is 10.5. The van der Waals surface area contributed by atoms with Crippen molar-refractivity contribution in [3.8, 4) is 62.8 Å². The Hall–Kier alpha value is -9.62. The minimum Gasteiger partial charge on any atom is -0.494 e. The topological polar surface area (TPSA) is 166 Å². The van der Waals surface area contributed by atoms with Gasteiger partial charge in [0.2, 0.25) is 0 Å². The Kier molecular flexibility index (Phi) is 23.8. The minimum absolute atomic E-state index is 0.0337. The van der Waals surface area contributed by atoms with Gasteiger partial charge in [0.15, 0.2) is 5.75 Å². The van der Waals surface area contributed by atoms with E-state index < -0.39 is 0 Å². The Morgan fingerprint density at radius 1 is 0.574 bits per heavy atom. The van der Waals surface area contributed by atoms with Gasteiger partial charge in [-0.05, 0) is 174 Å². The van der Waals surface area contributed by atoms with Gasteiger partial charge in [0, 0.05) is 42.4 Å². The highest BCUT2D eigenvalue weighted by atomic mass is 16.5. The van der Waals surface area contributed by atoms with Gasteiger partial charge in [-0.3, -0.25) is 0 Å². The van der Waals surface area contributed by atoms with Crippen LogP contribution in [0.15, 0.2) is 176 Å². The third-order valence-electron chi connectivity index (χ3n) is 16.1. The number of hydrogen-bond donors (Lipinski definition) is 2. The maximum Gasteiger partial charge on any atom is 0.172 e. The quantitative estimate of drug-likeness (QED) is 0.0780. The molecule has 0 aliphatic carbocycles. The highest BCUT2D eigenvalue weighted by Crippen LogP contribution is 2.33. The number of nitrogens with zero attached hydrogens (tertiary/aromatic N) is 8. The molecular weight excluding hydrogens is 1170 g/mol. The van der Waals surface area contributed by atoms with E-state index in [1.807, 2.05) is 120 Å². The second-order valence-corrected chi connectivity index (χ2v) is 25.8. The molecule has 0 atom stereocenters. The zero-order chi connectivity index (χ0) is 65.5. The van der Waals surface area contributed by atoms with Crippen LogP contribution in [0.3, 0.4) is 0 Å². The van der Waals surface area contributed by atoms with Crippen LogP contribution in [0, 0.1) is 12.1 Å². The summed E-state index contributed by atoms with van der Waals surface area (Å²) >= 11 is 0. The van der Waals surface area contributed by atoms with Crippen LogP contribution >= 0.6 is 0 Å². The maximum atomic E-state index is 9.66. The van der Waals surface area contributed by atoms with Crippen molar-refractivity contribution in [1.29, 1.82) is 0 Å². The molecule has 0 spiro atoms. The summed E-state index contributed by atoms with van der Waals surface area (Å²) in [5.74, 6) is 3.85. The molecule has 8 heterocycles. The van der Waals surface area contributed by atoms with Gasteiger partial charge in [0.1, 0.15) is 34.4 Å². The average molecular weight is 1260 g/mol. The summed E-state index contributed by atoms with van der Waals surface area (Å²) in [4.78, 5) is 9.75. The number of nitrogens with one attached hydrogen (secondary N) is 1. The predicted octanol–water partition coefficient (Wildman–Crippen LogP) is 16.8. The molecule has 2 N–H and O–H groups in total. The first kappa shape index (κ1) is 67.3. The lowest BCUT2D eigenvalue weighted by Gasteiger charge is -2.26. The molecule has 0 saturated carbocycles. The largest absolute Gasteiger partial charge is 0.494 e. The lowest BCUT2D eigenvalue weighted by atomic mass is 9.80. The summed E-state index contributed by atoms with van der Waals surface area (Å²) in [6, 6.07) is 61.0. The molecule has 8 bridgehead atoms. The standard InChI is InChI=1S/C48H56N6O4.C31H33N3O2/c1-8-9-21-57-42-24-36(34-55)25-43(31-42)58-23-15-11-14-22-56-41-20-16-19-39(30-41)53-32-45(49-51-53)44(26-35-17-12-10-13-18-35)46-33-54(52-50-46)40-28-37(47(2,3)4)27-38(29-40)48(5,6)7;1-2-4-20-35-27-16-12-24(13-17-27)22-32-23-26-8-6-10-30(33-26)31-11-7-9-29(34-31)25-14-18-28(19-15-25)36-21-5-3-1/h10,12-13,17-19,24-33,55H,8-9,11,14-15,21-23,34H2,1-7H3;6-19,32H,1-5,20-23H2/b44-26-;. The van der Waals surface area contributed by atoms with Crippen LogP contribution in [-0.4, -0.2) is 78.1 Å². The van der Waals surface area contributed by atoms with E-state index in [1.165, 1.54) is 36.0 Å². The summed E-state index contributed by atoms with van der Waals surface area (Å²) in [5.41, 5.74) is 14.0. The van der Waals surface area contributed by atoms with E-state index in [0.717, 1.165) is 138 Å². The van der Waals surface area contributed by atoms with Crippen molar-refractivity contribution in [1.82, 2.24) is 45.3 Å². The van der Waals surface area contributed by atoms with Crippen LogP contribution < -0.4 is 29.0 Å². The SMILES string of the molecule is CCCCOc1cc(CO)cc(OCCCCCOc2c#ccc(-n3cc(/C(=C/c4ccccc4)c4cn(-c5cc(C(C)(C)C)cc(C(C)(C)C)c5)nn4)nn3)c2)c1.c1cc2nc(c1)-c1cccc(n1)-c1ccc(cc1)OCCCCCCCOc1ccc(cc1)CNC2. The first-order chi connectivity index (χ1) is 45.7. The third kappa shape index (κ3) is 19.9. The number of benzene rings is 5. The highest BCUT2D eigenvalue weighted by molar-refractivity contribution is 5.88. The number of pyridine rings is 2. The second-order valence-electron chi connectivity index (χ2n) is 25.8. The number of unbranched alkanes of at least 4 members (excludes halogenated alkanes) is 3. The van der Waals surface area contributed by atoms with Crippen LogP contribution in [0.4, 0.5) is 0 Å². The molecule has 14 rings (SSSR count). The van der Waals surface area contributed by atoms with Gasteiger partial charge in [-0.25, -0.2) is 19.3 Å². The molecule has 6 aromatic carbocycles. The number of hydrogen-bond acceptors (Lipinski definition) is 13. The molecule has 15 heteroatoms. The molecule has 94 heavy (non-hydrogen) atoms. The highest BCUT2D eigenvalue weighted by Gasteiger charge is 2.23. The molecule has 15 nitrogen and oxygen atoms in total. The molecule has 4 aliphatic rings. The Morgan fingerprint density at radius 2 is 1.16 bits per heavy atom. The Morgan fingerprint density at radius 3 is 1.80 bits per heavy atom. The summed E-state index contributed by atoms with van der Waals surface area (Å²) in [7, 11) is 0. The van der Waals surface area contributed by atoms with Crippen molar-refractivity contribution in [2.24, 2.45) is 0 Å². The monoisotopic (exact) mass is 1260 g/mol. The first-order valence-electron chi connectivity index (χ1n) is 33.2. The fourth-order valence-electron chi connectivity index (χ4n) is 10.5. The molecule has 4 aliphatic heterocycles. The van der Waals surface area contributed by atoms with E-state index >= 15 is 0 Å². The number of rotatable bonds is 18. The molecule has 0 fully saturated rings. The second kappa shape index (κ2) is 33.3. The van der Waals surface area contributed by atoms with Crippen molar-refractivity contribution < 1.29 is 28.8 Å². The smallest absolute Gasteiger partial charge is 0.172 e. The zero-order valence-electron chi connectivity index (χ0n) is 55.6. The summed E-state index contributed by atoms with van der Waals surface area (Å²) in [6.45, 7) is 20.2. The molecular formula is C79H89N9O6. The van der Waals surface area contributed by atoms with Crippen LogP contribution in [0.2, 0.25) is 0 Å². The van der Waals surface area contributed by atoms with E-state index in [-0.39, 0.29) is 17.4 Å². The van der Waals surface area contributed by atoms with Crippen molar-refractivity contribution >= 4 is 11.6 Å². The molecule has 0 unspecified atom stereocenters. The predicted molar refractivity (Wildman–Crippen MR) is 373 cm³/mol. The van der Waals surface area contributed by atoms with E-state index in [0.29, 0.717) is 49.3 Å². The van der Waals surface area contributed by atoms with Gasteiger partial charge in [-0.15, -0.1) is 10.2 Å². The molecule has 0 radical (unpaired) electrons.